The summed E-state index contributed by atoms with van der Waals surface area (Å²) in [5, 5.41) is 11.3. The zero-order valence-corrected chi connectivity index (χ0v) is 17.3. The van der Waals surface area contributed by atoms with E-state index in [2.05, 4.69) is 4.98 Å². The Morgan fingerprint density at radius 2 is 1.93 bits per heavy atom. The summed E-state index contributed by atoms with van der Waals surface area (Å²) in [6, 6.07) is 7.75. The number of hydrogen-bond donors (Lipinski definition) is 1. The van der Waals surface area contributed by atoms with Gasteiger partial charge in [0.05, 0.1) is 21.7 Å². The van der Waals surface area contributed by atoms with Gasteiger partial charge in [0.25, 0.3) is 5.91 Å². The average molecular weight is 419 g/mol. The van der Waals surface area contributed by atoms with Crippen LogP contribution in [0.1, 0.15) is 37.9 Å². The minimum absolute atomic E-state index is 0.0692. The summed E-state index contributed by atoms with van der Waals surface area (Å²) >= 11 is 12.2. The van der Waals surface area contributed by atoms with Gasteiger partial charge in [-0.25, -0.2) is 0 Å². The van der Waals surface area contributed by atoms with Crippen LogP contribution in [0.4, 0.5) is 0 Å². The Morgan fingerprint density at radius 3 is 2.50 bits per heavy atom. The van der Waals surface area contributed by atoms with E-state index in [4.69, 9.17) is 23.2 Å². The minimum atomic E-state index is -0.775. The largest absolute Gasteiger partial charge is 0.503 e. The fourth-order valence-electron chi connectivity index (χ4n) is 3.17. The molecule has 5 nitrogen and oxygen atoms in total. The van der Waals surface area contributed by atoms with Crippen LogP contribution in [0.3, 0.4) is 0 Å². The van der Waals surface area contributed by atoms with Crippen molar-refractivity contribution >= 4 is 34.9 Å². The van der Waals surface area contributed by atoms with Crippen molar-refractivity contribution in [3.8, 4) is 0 Å². The fourth-order valence-corrected chi connectivity index (χ4v) is 3.48. The number of carbonyl (C=O) groups is 2. The first-order valence-corrected chi connectivity index (χ1v) is 9.49. The molecular weight excluding hydrogens is 399 g/mol. The second-order valence-electron chi connectivity index (χ2n) is 7.71. The van der Waals surface area contributed by atoms with Crippen molar-refractivity contribution in [2.45, 2.75) is 33.4 Å². The summed E-state index contributed by atoms with van der Waals surface area (Å²) in [6.07, 6.45) is 3.27. The normalized spacial score (nSPS) is 17.4. The second-order valence-corrected chi connectivity index (χ2v) is 8.53. The number of benzene rings is 1. The van der Waals surface area contributed by atoms with Gasteiger partial charge >= 0.3 is 0 Å². The predicted molar refractivity (Wildman–Crippen MR) is 108 cm³/mol. The Kier molecular flexibility index (Phi) is 5.50. The SMILES string of the molecule is CC(C)(C)C(=O)C1=C(O)C(=O)N(Cc2cccnc2)C1c1ccc(Cl)c(Cl)c1. The standard InChI is InChI=1S/C21H20Cl2N2O3/c1-21(2,3)19(27)16-17(13-6-7-14(22)15(23)9-13)25(20(28)18(16)26)11-12-5-4-8-24-10-12/h4-10,17,26H,11H2,1-3H3. The van der Waals surface area contributed by atoms with Gasteiger partial charge in [0, 0.05) is 24.4 Å². The lowest BCUT2D eigenvalue weighted by molar-refractivity contribution is -0.130. The van der Waals surface area contributed by atoms with Crippen LogP contribution in [0.15, 0.2) is 54.1 Å². The smallest absolute Gasteiger partial charge is 0.290 e. The monoisotopic (exact) mass is 418 g/mol. The number of hydrogen-bond acceptors (Lipinski definition) is 4. The lowest BCUT2D eigenvalue weighted by Crippen LogP contribution is -2.32. The Morgan fingerprint density at radius 1 is 1.21 bits per heavy atom. The van der Waals surface area contributed by atoms with Crippen LogP contribution in [0.5, 0.6) is 0 Å². The molecule has 1 unspecified atom stereocenters. The summed E-state index contributed by atoms with van der Waals surface area (Å²) < 4.78 is 0. The number of Topliss-reactive ketones (excluding diaryl/α,β-unsaturated/α-hetero) is 1. The maximum Gasteiger partial charge on any atom is 0.290 e. The van der Waals surface area contributed by atoms with Crippen molar-refractivity contribution in [1.29, 1.82) is 0 Å². The van der Waals surface area contributed by atoms with E-state index >= 15 is 0 Å². The Hall–Kier alpha value is -2.37. The first-order chi connectivity index (χ1) is 13.1. The molecule has 0 aliphatic carbocycles. The van der Waals surface area contributed by atoms with Crippen LogP contribution in [-0.4, -0.2) is 26.7 Å². The van der Waals surface area contributed by atoms with Gasteiger partial charge in [-0.1, -0.05) is 56.1 Å². The number of pyridine rings is 1. The molecule has 1 amide bonds. The average Bonchev–Trinajstić information content (AvgIpc) is 2.88. The molecule has 1 aliphatic rings. The lowest BCUT2D eigenvalue weighted by atomic mass is 9.82. The highest BCUT2D eigenvalue weighted by Gasteiger charge is 2.46. The van der Waals surface area contributed by atoms with Crippen LogP contribution >= 0.6 is 23.2 Å². The van der Waals surface area contributed by atoms with Gasteiger partial charge in [-0.3, -0.25) is 14.6 Å². The summed E-state index contributed by atoms with van der Waals surface area (Å²) in [5.74, 6) is -1.43. The molecule has 0 bridgehead atoms. The molecule has 1 aromatic carbocycles. The highest BCUT2D eigenvalue weighted by Crippen LogP contribution is 2.42. The van der Waals surface area contributed by atoms with Gasteiger partial charge in [0.1, 0.15) is 0 Å². The number of rotatable bonds is 4. The molecule has 0 fully saturated rings. The van der Waals surface area contributed by atoms with Gasteiger partial charge in [-0.15, -0.1) is 0 Å². The molecule has 0 radical (unpaired) electrons. The summed E-state index contributed by atoms with van der Waals surface area (Å²) in [7, 11) is 0. The van der Waals surface area contributed by atoms with Crippen molar-refractivity contribution in [2.75, 3.05) is 0 Å². The van der Waals surface area contributed by atoms with E-state index in [0.717, 1.165) is 5.56 Å². The van der Waals surface area contributed by atoms with Gasteiger partial charge in [-0.05, 0) is 29.3 Å². The highest BCUT2D eigenvalue weighted by molar-refractivity contribution is 6.42. The first kappa shape index (κ1) is 20.4. The molecule has 146 valence electrons. The van der Waals surface area contributed by atoms with E-state index in [1.807, 2.05) is 6.07 Å². The molecule has 1 atom stereocenters. The molecule has 2 heterocycles. The molecule has 7 heteroatoms. The van der Waals surface area contributed by atoms with Crippen LogP contribution in [0.2, 0.25) is 10.0 Å². The quantitative estimate of drug-likeness (QED) is 0.766. The molecule has 2 aromatic rings. The first-order valence-electron chi connectivity index (χ1n) is 8.74. The molecule has 0 spiro atoms. The second kappa shape index (κ2) is 7.57. The van der Waals surface area contributed by atoms with Crippen LogP contribution in [0, 0.1) is 5.41 Å². The van der Waals surface area contributed by atoms with E-state index in [1.165, 1.54) is 4.90 Å². The van der Waals surface area contributed by atoms with Crippen molar-refractivity contribution < 1.29 is 14.7 Å². The number of aliphatic hydroxyl groups is 1. The van der Waals surface area contributed by atoms with Gasteiger partial charge in [-0.2, -0.15) is 0 Å². The molecular formula is C21H20Cl2N2O3. The molecule has 0 saturated carbocycles. The number of aromatic nitrogens is 1. The number of carbonyl (C=O) groups excluding carboxylic acids is 2. The van der Waals surface area contributed by atoms with E-state index in [9.17, 15) is 14.7 Å². The number of halogens is 2. The number of aliphatic hydroxyl groups excluding tert-OH is 1. The summed E-state index contributed by atoms with van der Waals surface area (Å²) in [4.78, 5) is 31.5. The molecule has 0 saturated heterocycles. The van der Waals surface area contributed by atoms with Crippen molar-refractivity contribution in [2.24, 2.45) is 5.41 Å². The van der Waals surface area contributed by atoms with Crippen LogP contribution < -0.4 is 0 Å². The fraction of sp³-hybridized carbons (Fsp3) is 0.286. The van der Waals surface area contributed by atoms with Crippen molar-refractivity contribution in [1.82, 2.24) is 9.88 Å². The van der Waals surface area contributed by atoms with E-state index < -0.39 is 23.1 Å². The summed E-state index contributed by atoms with van der Waals surface area (Å²) in [5.41, 5.74) is 0.670. The number of ketones is 1. The third kappa shape index (κ3) is 3.77. The molecule has 1 aliphatic heterocycles. The highest BCUT2D eigenvalue weighted by atomic mass is 35.5. The Balaban J connectivity index is 2.13. The molecule has 1 N–H and O–H groups in total. The van der Waals surface area contributed by atoms with E-state index in [-0.39, 0.29) is 17.9 Å². The van der Waals surface area contributed by atoms with Crippen molar-refractivity contribution in [3.05, 3.63) is 75.2 Å². The third-order valence-electron chi connectivity index (χ3n) is 4.56. The molecule has 3 rings (SSSR count). The zero-order chi connectivity index (χ0) is 20.6. The zero-order valence-electron chi connectivity index (χ0n) is 15.7. The van der Waals surface area contributed by atoms with Crippen LogP contribution in [0.25, 0.3) is 0 Å². The summed E-state index contributed by atoms with van der Waals surface area (Å²) in [6.45, 7) is 5.42. The minimum Gasteiger partial charge on any atom is -0.503 e. The lowest BCUT2D eigenvalue weighted by Gasteiger charge is -2.29. The van der Waals surface area contributed by atoms with Crippen molar-refractivity contribution in [3.63, 3.8) is 0 Å². The predicted octanol–water partition coefficient (Wildman–Crippen LogP) is 4.90. The molecule has 1 aromatic heterocycles. The van der Waals surface area contributed by atoms with Gasteiger partial charge in [0.15, 0.2) is 11.5 Å². The van der Waals surface area contributed by atoms with Gasteiger partial charge < -0.3 is 10.0 Å². The maximum absolute atomic E-state index is 13.1. The Labute approximate surface area is 173 Å². The third-order valence-corrected chi connectivity index (χ3v) is 5.30. The maximum atomic E-state index is 13.1. The van der Waals surface area contributed by atoms with Crippen LogP contribution in [-0.2, 0) is 16.1 Å². The number of amides is 1. The molecule has 28 heavy (non-hydrogen) atoms. The Bertz CT molecular complexity index is 965. The van der Waals surface area contributed by atoms with Gasteiger partial charge in [0.2, 0.25) is 0 Å². The number of nitrogens with zero attached hydrogens (tertiary/aromatic N) is 2. The topological polar surface area (TPSA) is 70.5 Å². The van der Waals surface area contributed by atoms with E-state index in [1.54, 1.807) is 57.4 Å². The van der Waals surface area contributed by atoms with E-state index in [0.29, 0.717) is 15.6 Å².